The van der Waals surface area contributed by atoms with Crippen LogP contribution in [0.25, 0.3) is 0 Å². The summed E-state index contributed by atoms with van der Waals surface area (Å²) in [5.74, 6) is -0.545. The molecular weight excluding hydrogens is 479 g/mol. The van der Waals surface area contributed by atoms with Crippen LogP contribution in [0.1, 0.15) is 46.4 Å². The Bertz CT molecular complexity index is 1230. The number of nitrogens with zero attached hydrogens (tertiary/aromatic N) is 2. The van der Waals surface area contributed by atoms with Crippen LogP contribution in [0.4, 0.5) is 5.13 Å². The van der Waals surface area contributed by atoms with Gasteiger partial charge in [-0.1, -0.05) is 59.7 Å². The first-order valence-corrected chi connectivity index (χ1v) is 12.4. The molecule has 1 atom stereocenters. The van der Waals surface area contributed by atoms with Gasteiger partial charge in [-0.05, 0) is 55.2 Å². The fourth-order valence-electron chi connectivity index (χ4n) is 2.81. The number of sulfonamides is 1. The molecule has 1 heterocycles. The summed E-state index contributed by atoms with van der Waals surface area (Å²) in [7, 11) is -3.94. The minimum atomic E-state index is -3.94. The van der Waals surface area contributed by atoms with Gasteiger partial charge in [-0.25, -0.2) is 13.1 Å². The Morgan fingerprint density at radius 1 is 1.10 bits per heavy atom. The van der Waals surface area contributed by atoms with Crippen LogP contribution in [0, 0.1) is 13.8 Å². The fraction of sp³-hybridized carbons (Fsp3) is 0.250. The molecule has 0 aliphatic heterocycles. The second-order valence-corrected chi connectivity index (χ2v) is 10.6. The van der Waals surface area contributed by atoms with Gasteiger partial charge in [0.05, 0.1) is 10.6 Å². The van der Waals surface area contributed by atoms with Gasteiger partial charge >= 0.3 is 0 Å². The molecule has 11 heteroatoms. The lowest BCUT2D eigenvalue weighted by atomic mass is 10.0. The van der Waals surface area contributed by atoms with Crippen molar-refractivity contribution in [1.82, 2.24) is 14.9 Å². The summed E-state index contributed by atoms with van der Waals surface area (Å²) in [4.78, 5) is 12.4. The van der Waals surface area contributed by atoms with Crippen molar-refractivity contribution in [3.63, 3.8) is 0 Å². The number of carbonyl (C=O) groups excluding carboxylic acids is 1. The molecule has 7 nitrogen and oxygen atoms in total. The largest absolute Gasteiger partial charge is 0.296 e. The summed E-state index contributed by atoms with van der Waals surface area (Å²) in [6, 6.07) is 9.85. The predicted octanol–water partition coefficient (Wildman–Crippen LogP) is 5.14. The maximum atomic E-state index is 12.8. The van der Waals surface area contributed by atoms with E-state index in [1.807, 2.05) is 39.0 Å². The summed E-state index contributed by atoms with van der Waals surface area (Å²) in [5.41, 5.74) is 3.26. The van der Waals surface area contributed by atoms with Gasteiger partial charge in [-0.3, -0.25) is 10.1 Å². The number of amides is 1. The van der Waals surface area contributed by atoms with Gasteiger partial charge in [0.2, 0.25) is 9.47 Å². The first kappa shape index (κ1) is 23.6. The van der Waals surface area contributed by atoms with E-state index in [-0.39, 0.29) is 20.1 Å². The molecule has 0 aliphatic rings. The Hall–Kier alpha value is -2.04. The highest BCUT2D eigenvalue weighted by Crippen LogP contribution is 2.26. The lowest BCUT2D eigenvalue weighted by Gasteiger charge is -2.17. The molecule has 2 N–H and O–H groups in total. The van der Waals surface area contributed by atoms with Gasteiger partial charge < -0.3 is 0 Å². The number of benzene rings is 2. The molecule has 1 amide bonds. The molecule has 3 aromatic rings. The highest BCUT2D eigenvalue weighted by molar-refractivity contribution is 7.91. The Labute approximate surface area is 194 Å². The van der Waals surface area contributed by atoms with Crippen molar-refractivity contribution in [3.8, 4) is 0 Å². The van der Waals surface area contributed by atoms with E-state index in [0.29, 0.717) is 11.4 Å². The quantitative estimate of drug-likeness (QED) is 0.438. The third-order valence-electron chi connectivity index (χ3n) is 4.67. The second-order valence-electron chi connectivity index (χ2n) is 6.88. The van der Waals surface area contributed by atoms with Crippen molar-refractivity contribution < 1.29 is 13.2 Å². The highest BCUT2D eigenvalue weighted by Gasteiger charge is 2.25. The number of carbonyl (C=O) groups is 1. The van der Waals surface area contributed by atoms with Crippen molar-refractivity contribution in [2.45, 2.75) is 37.6 Å². The number of hydrogen-bond donors (Lipinski definition) is 2. The Morgan fingerprint density at radius 2 is 1.84 bits per heavy atom. The molecule has 1 unspecified atom stereocenters. The molecule has 0 radical (unpaired) electrons. The normalized spacial score (nSPS) is 12.5. The molecule has 0 aliphatic carbocycles. The number of anilines is 1. The van der Waals surface area contributed by atoms with Gasteiger partial charge in [0.15, 0.2) is 0 Å². The van der Waals surface area contributed by atoms with E-state index in [0.717, 1.165) is 28.0 Å². The third-order valence-corrected chi connectivity index (χ3v) is 7.90. The Morgan fingerprint density at radius 3 is 2.48 bits per heavy atom. The molecule has 3 rings (SSSR count). The molecule has 164 valence electrons. The summed E-state index contributed by atoms with van der Waals surface area (Å²) >= 11 is 12.6. The van der Waals surface area contributed by atoms with Crippen LogP contribution in [0.2, 0.25) is 10.0 Å². The minimum Gasteiger partial charge on any atom is -0.296 e. The summed E-state index contributed by atoms with van der Waals surface area (Å²) in [6.07, 6.45) is 0.555. The molecule has 31 heavy (non-hydrogen) atoms. The van der Waals surface area contributed by atoms with Gasteiger partial charge in [0.1, 0.15) is 0 Å². The van der Waals surface area contributed by atoms with E-state index in [4.69, 9.17) is 23.2 Å². The molecule has 0 bridgehead atoms. The van der Waals surface area contributed by atoms with Crippen LogP contribution in [0.15, 0.2) is 40.7 Å². The van der Waals surface area contributed by atoms with E-state index in [1.54, 1.807) is 0 Å². The summed E-state index contributed by atoms with van der Waals surface area (Å²) < 4.78 is 28.1. The van der Waals surface area contributed by atoms with Crippen LogP contribution in [-0.4, -0.2) is 24.5 Å². The molecule has 0 spiro atoms. The third kappa shape index (κ3) is 5.61. The van der Waals surface area contributed by atoms with Crippen molar-refractivity contribution >= 4 is 55.6 Å². The topological polar surface area (TPSA) is 101 Å². The lowest BCUT2D eigenvalue weighted by molar-refractivity contribution is 0.102. The van der Waals surface area contributed by atoms with Gasteiger partial charge in [-0.2, -0.15) is 0 Å². The van der Waals surface area contributed by atoms with Gasteiger partial charge in [0, 0.05) is 11.1 Å². The molecule has 0 saturated carbocycles. The van der Waals surface area contributed by atoms with Gasteiger partial charge in [-0.15, -0.1) is 10.2 Å². The van der Waals surface area contributed by atoms with Crippen LogP contribution in [-0.2, 0) is 10.0 Å². The number of nitrogens with one attached hydrogen (secondary N) is 2. The molecule has 2 aromatic carbocycles. The lowest BCUT2D eigenvalue weighted by Crippen LogP contribution is -2.28. The maximum absolute atomic E-state index is 12.8. The van der Waals surface area contributed by atoms with Gasteiger partial charge in [0.25, 0.3) is 15.9 Å². The zero-order chi connectivity index (χ0) is 22.8. The second kappa shape index (κ2) is 9.62. The summed E-state index contributed by atoms with van der Waals surface area (Å²) in [6.45, 7) is 5.87. The average Bonchev–Trinajstić information content (AvgIpc) is 3.17. The van der Waals surface area contributed by atoms with Crippen molar-refractivity contribution in [2.75, 3.05) is 5.32 Å². The highest BCUT2D eigenvalue weighted by atomic mass is 35.5. The number of halogens is 2. The monoisotopic (exact) mass is 498 g/mol. The Balaban J connectivity index is 1.76. The van der Waals surface area contributed by atoms with Crippen molar-refractivity contribution in [3.05, 3.63) is 68.7 Å². The first-order chi connectivity index (χ1) is 14.6. The van der Waals surface area contributed by atoms with E-state index in [2.05, 4.69) is 20.2 Å². The summed E-state index contributed by atoms with van der Waals surface area (Å²) in [5, 5.41) is 10.6. The van der Waals surface area contributed by atoms with Crippen LogP contribution in [0.5, 0.6) is 0 Å². The molecule has 1 aromatic heterocycles. The molecule has 0 fully saturated rings. The molecule has 0 saturated heterocycles. The van der Waals surface area contributed by atoms with E-state index in [1.165, 1.54) is 18.2 Å². The number of hydrogen-bond acceptors (Lipinski definition) is 6. The van der Waals surface area contributed by atoms with E-state index in [9.17, 15) is 13.2 Å². The van der Waals surface area contributed by atoms with Crippen LogP contribution >= 0.6 is 34.5 Å². The fourth-order valence-corrected chi connectivity index (χ4v) is 5.53. The molecular formula is C20H20Cl2N4O3S2. The number of aromatic nitrogens is 2. The van der Waals surface area contributed by atoms with E-state index >= 15 is 0 Å². The zero-order valence-electron chi connectivity index (χ0n) is 16.9. The predicted molar refractivity (Wildman–Crippen MR) is 124 cm³/mol. The first-order valence-electron chi connectivity index (χ1n) is 9.30. The smallest absolute Gasteiger partial charge is 0.270 e. The zero-order valence-corrected chi connectivity index (χ0v) is 20.1. The number of aryl methyl sites for hydroxylation is 2. The standard InChI is InChI=1S/C20H20Cl2N4O3S2/c1-4-17(13-6-5-11(2)12(3)9-13)26-31(28,29)20-25-24-19(30-20)23-18(27)15-8-7-14(21)10-16(15)22/h5-10,17,26H,4H2,1-3H3,(H,23,24,27). The Kier molecular flexibility index (Phi) is 7.33. The maximum Gasteiger partial charge on any atom is 0.270 e. The number of rotatable bonds is 7. The average molecular weight is 499 g/mol. The van der Waals surface area contributed by atoms with Crippen molar-refractivity contribution in [2.24, 2.45) is 0 Å². The van der Waals surface area contributed by atoms with Crippen LogP contribution in [0.3, 0.4) is 0 Å². The van der Waals surface area contributed by atoms with Crippen LogP contribution < -0.4 is 10.0 Å². The SMILES string of the molecule is CCC(NS(=O)(=O)c1nnc(NC(=O)c2ccc(Cl)cc2Cl)s1)c1ccc(C)c(C)c1. The minimum absolute atomic E-state index is 0.0376. The van der Waals surface area contributed by atoms with E-state index < -0.39 is 22.0 Å². The van der Waals surface area contributed by atoms with Crippen molar-refractivity contribution in [1.29, 1.82) is 0 Å².